The van der Waals surface area contributed by atoms with Crippen LogP contribution in [-0.2, 0) is 10.0 Å². The second kappa shape index (κ2) is 14.1. The van der Waals surface area contributed by atoms with Crippen LogP contribution in [0.1, 0.15) is 53.1 Å². The van der Waals surface area contributed by atoms with Gasteiger partial charge in [0.05, 0.1) is 23.2 Å². The molecule has 1 aliphatic carbocycles. The van der Waals surface area contributed by atoms with Gasteiger partial charge in [-0.3, -0.25) is 14.3 Å². The number of nitrogens with zero attached hydrogens (tertiary/aromatic N) is 6. The lowest BCUT2D eigenvalue weighted by molar-refractivity contribution is 0.0741. The van der Waals surface area contributed by atoms with Crippen LogP contribution in [0.15, 0.2) is 73.2 Å². The third-order valence-electron chi connectivity index (χ3n) is 9.03. The molecule has 4 aromatic heterocycles. The van der Waals surface area contributed by atoms with E-state index in [0.29, 0.717) is 61.0 Å². The van der Waals surface area contributed by atoms with Crippen molar-refractivity contribution >= 4 is 67.3 Å². The van der Waals surface area contributed by atoms with Gasteiger partial charge in [0.25, 0.3) is 11.8 Å². The van der Waals surface area contributed by atoms with Crippen LogP contribution in [-0.4, -0.2) is 89.6 Å². The number of pyridine rings is 3. The lowest BCUT2D eigenvalue weighted by Gasteiger charge is -2.36. The maximum Gasteiger partial charge on any atom is 0.270 e. The van der Waals surface area contributed by atoms with E-state index in [1.807, 2.05) is 36.1 Å². The number of piperazine rings is 1. The molecule has 1 saturated heterocycles. The van der Waals surface area contributed by atoms with E-state index in [9.17, 15) is 18.0 Å². The Bertz CT molecular complexity index is 2240. The average molecular weight is 723 g/mol. The van der Waals surface area contributed by atoms with Crippen LogP contribution in [0.3, 0.4) is 0 Å². The first-order valence-electron chi connectivity index (χ1n) is 17.3. The minimum absolute atomic E-state index is 0.0694. The van der Waals surface area contributed by atoms with E-state index >= 15 is 0 Å². The first kappa shape index (κ1) is 34.7. The molecular formula is C37H42N10O4S. The van der Waals surface area contributed by atoms with E-state index in [0.717, 1.165) is 58.6 Å². The molecule has 0 spiro atoms. The normalized spacial score (nSPS) is 15.6. The van der Waals surface area contributed by atoms with Crippen molar-refractivity contribution in [3.05, 3.63) is 90.0 Å². The van der Waals surface area contributed by atoms with Gasteiger partial charge in [0.15, 0.2) is 11.6 Å². The lowest BCUT2D eigenvalue weighted by atomic mass is 10.2. The number of sulfonamides is 1. The number of hydrogen-bond donors (Lipinski definition) is 4. The molecule has 52 heavy (non-hydrogen) atoms. The molecule has 4 N–H and O–H groups in total. The largest absolute Gasteiger partial charge is 0.380 e. The first-order valence-corrected chi connectivity index (χ1v) is 19.2. The van der Waals surface area contributed by atoms with E-state index in [1.54, 1.807) is 48.9 Å². The number of H-pyrrole nitrogens is 1. The van der Waals surface area contributed by atoms with Gasteiger partial charge in [-0.1, -0.05) is 0 Å². The molecule has 1 saturated carbocycles. The Morgan fingerprint density at radius 1 is 0.904 bits per heavy atom. The zero-order valence-corrected chi connectivity index (χ0v) is 30.4. The molecule has 1 aromatic carbocycles. The van der Waals surface area contributed by atoms with Gasteiger partial charge in [0, 0.05) is 73.4 Å². The third kappa shape index (κ3) is 7.49. The Kier molecular flexibility index (Phi) is 9.44. The molecule has 270 valence electrons. The summed E-state index contributed by atoms with van der Waals surface area (Å²) in [6.07, 6.45) is 8.62. The van der Waals surface area contributed by atoms with Crippen molar-refractivity contribution in [2.75, 3.05) is 57.6 Å². The van der Waals surface area contributed by atoms with Crippen molar-refractivity contribution < 1.29 is 18.0 Å². The van der Waals surface area contributed by atoms with Gasteiger partial charge in [0.1, 0.15) is 11.5 Å². The Labute approximate surface area is 302 Å². The highest BCUT2D eigenvalue weighted by Gasteiger charge is 2.38. The predicted molar refractivity (Wildman–Crippen MR) is 204 cm³/mol. The molecule has 3 aliphatic rings. The summed E-state index contributed by atoms with van der Waals surface area (Å²) in [5.74, 6) is 2.24. The summed E-state index contributed by atoms with van der Waals surface area (Å²) in [5.41, 5.74) is 5.15. The summed E-state index contributed by atoms with van der Waals surface area (Å²) in [5, 5.41) is 7.18. The zero-order valence-electron chi connectivity index (χ0n) is 29.6. The summed E-state index contributed by atoms with van der Waals surface area (Å²) in [7, 11) is -3.36. The van der Waals surface area contributed by atoms with Gasteiger partial charge in [0.2, 0.25) is 10.0 Å². The molecule has 2 aliphatic heterocycles. The minimum Gasteiger partial charge on any atom is -0.380 e. The smallest absolute Gasteiger partial charge is 0.270 e. The number of benzene rings is 1. The van der Waals surface area contributed by atoms with Crippen molar-refractivity contribution in [3.8, 4) is 0 Å². The van der Waals surface area contributed by atoms with Gasteiger partial charge in [-0.05, 0) is 93.8 Å². The predicted octanol–water partition coefficient (Wildman–Crippen LogP) is 5.37. The van der Waals surface area contributed by atoms with Crippen molar-refractivity contribution in [2.45, 2.75) is 45.7 Å². The molecule has 14 nitrogen and oxygen atoms in total. The van der Waals surface area contributed by atoms with Gasteiger partial charge in [-0.2, -0.15) is 0 Å². The number of aromatic nitrogens is 4. The van der Waals surface area contributed by atoms with E-state index in [-0.39, 0.29) is 11.8 Å². The number of hydrogen-bond acceptors (Lipinski definition) is 10. The number of amides is 2. The fraction of sp³-hybridized carbons (Fsp3) is 0.324. The summed E-state index contributed by atoms with van der Waals surface area (Å²) in [6.45, 7) is 8.73. The molecule has 8 rings (SSSR count). The SMILES string of the molecule is CC(C)Nc1cccnc1N1CCN(C(=O)c2cc3cc(NS(C)(=O)=O)ccc3[nH]2)CC1.Cc1ccnc2c1NC(=O)c1cccnc1N2C1CC1. The molecule has 0 radical (unpaired) electrons. The number of anilines is 6. The number of carbonyl (C=O) groups excluding carboxylic acids is 2. The Balaban J connectivity index is 0.000000179. The minimum atomic E-state index is -3.36. The van der Waals surface area contributed by atoms with Crippen LogP contribution in [0.2, 0.25) is 0 Å². The molecule has 2 fully saturated rings. The van der Waals surface area contributed by atoms with Crippen molar-refractivity contribution in [1.29, 1.82) is 0 Å². The maximum absolute atomic E-state index is 13.1. The van der Waals surface area contributed by atoms with Crippen LogP contribution < -0.4 is 25.2 Å². The summed E-state index contributed by atoms with van der Waals surface area (Å²) in [6, 6.07) is 17.1. The Morgan fingerprint density at radius 3 is 2.33 bits per heavy atom. The molecule has 15 heteroatoms. The van der Waals surface area contributed by atoms with Crippen molar-refractivity contribution in [1.82, 2.24) is 24.8 Å². The molecule has 2 amide bonds. The highest BCUT2D eigenvalue weighted by atomic mass is 32.2. The second-order valence-corrected chi connectivity index (χ2v) is 15.3. The van der Waals surface area contributed by atoms with Gasteiger partial charge < -0.3 is 30.3 Å². The number of rotatable bonds is 7. The average Bonchev–Trinajstić information content (AvgIpc) is 3.88. The van der Waals surface area contributed by atoms with E-state index in [4.69, 9.17) is 0 Å². The molecule has 6 heterocycles. The van der Waals surface area contributed by atoms with Crippen LogP contribution in [0.4, 0.5) is 34.5 Å². The highest BCUT2D eigenvalue weighted by Crippen LogP contribution is 2.43. The number of nitrogens with one attached hydrogen (secondary N) is 4. The van der Waals surface area contributed by atoms with E-state index in [2.05, 4.69) is 58.9 Å². The second-order valence-electron chi connectivity index (χ2n) is 13.6. The number of aromatic amines is 1. The van der Waals surface area contributed by atoms with Crippen molar-refractivity contribution in [2.24, 2.45) is 0 Å². The van der Waals surface area contributed by atoms with Gasteiger partial charge in [-0.15, -0.1) is 0 Å². The van der Waals surface area contributed by atoms with E-state index < -0.39 is 10.0 Å². The quantitative estimate of drug-likeness (QED) is 0.172. The third-order valence-corrected chi connectivity index (χ3v) is 9.64. The molecule has 0 unspecified atom stereocenters. The number of aryl methyl sites for hydroxylation is 1. The maximum atomic E-state index is 13.1. The Morgan fingerprint density at radius 2 is 1.62 bits per heavy atom. The molecule has 0 atom stereocenters. The Hall–Kier alpha value is -5.70. The fourth-order valence-electron chi connectivity index (χ4n) is 6.50. The van der Waals surface area contributed by atoms with Crippen LogP contribution in [0.5, 0.6) is 0 Å². The molecule has 0 bridgehead atoms. The van der Waals surface area contributed by atoms with Gasteiger partial charge >= 0.3 is 0 Å². The molecule has 5 aromatic rings. The van der Waals surface area contributed by atoms with Crippen LogP contribution in [0.25, 0.3) is 10.9 Å². The van der Waals surface area contributed by atoms with Crippen LogP contribution in [0, 0.1) is 6.92 Å². The van der Waals surface area contributed by atoms with Crippen molar-refractivity contribution in [3.63, 3.8) is 0 Å². The zero-order chi connectivity index (χ0) is 36.6. The summed E-state index contributed by atoms with van der Waals surface area (Å²) < 4.78 is 25.4. The topological polar surface area (TPSA) is 169 Å². The first-order chi connectivity index (χ1) is 24.9. The number of fused-ring (bicyclic) bond motifs is 3. The fourth-order valence-corrected chi connectivity index (χ4v) is 7.05. The number of carbonyl (C=O) groups is 2. The lowest BCUT2D eigenvalue weighted by Crippen LogP contribution is -2.49. The molecular weight excluding hydrogens is 681 g/mol. The monoisotopic (exact) mass is 722 g/mol. The standard InChI is InChI=1S/C22H28N6O3S.C15H14N4O/c1-15(2)24-19-5-4-8-23-21(19)27-9-11-28(12-10-27)22(29)20-14-16-13-17(26-32(3,30)31)6-7-18(16)25-20;1-9-6-8-17-14-12(9)18-15(20)11-3-2-7-16-13(11)19(14)10-4-5-10/h4-8,13-15,24-26H,9-12H2,1-3H3;2-3,6-8,10H,4-5H2,1H3,(H,18,20). The summed E-state index contributed by atoms with van der Waals surface area (Å²) in [4.78, 5) is 48.2. The summed E-state index contributed by atoms with van der Waals surface area (Å²) >= 11 is 0. The highest BCUT2D eigenvalue weighted by molar-refractivity contribution is 7.92. The van der Waals surface area contributed by atoms with E-state index in [1.165, 1.54) is 0 Å². The van der Waals surface area contributed by atoms with Gasteiger partial charge in [-0.25, -0.2) is 23.4 Å². The van der Waals surface area contributed by atoms with Crippen LogP contribution >= 0.6 is 0 Å².